The fourth-order valence-electron chi connectivity index (χ4n) is 2.99. The van der Waals surface area contributed by atoms with E-state index >= 15 is 0 Å². The summed E-state index contributed by atoms with van der Waals surface area (Å²) < 4.78 is 0. The molecule has 0 spiro atoms. The molecule has 4 rings (SSSR count). The van der Waals surface area contributed by atoms with Crippen molar-refractivity contribution in [2.24, 2.45) is 5.92 Å². The van der Waals surface area contributed by atoms with Gasteiger partial charge in [-0.05, 0) is 5.56 Å². The molecule has 6 nitrogen and oxygen atoms in total. The van der Waals surface area contributed by atoms with Crippen LogP contribution in [-0.4, -0.2) is 33.5 Å². The summed E-state index contributed by atoms with van der Waals surface area (Å²) in [6.45, 7) is 3.28. The van der Waals surface area contributed by atoms with Gasteiger partial charge >= 0.3 is 5.97 Å². The third-order valence-electron chi connectivity index (χ3n) is 5.19. The molecule has 6 heteroatoms. The van der Waals surface area contributed by atoms with Crippen LogP contribution in [0.25, 0.3) is 0 Å². The summed E-state index contributed by atoms with van der Waals surface area (Å²) in [5, 5.41) is 17.9. The monoisotopic (exact) mass is 510 g/mol. The number of carbonyl (C=O) groups is 4. The molecule has 0 radical (unpaired) electrons. The Hall–Kier alpha value is -4.68. The van der Waals surface area contributed by atoms with Crippen LogP contribution in [0.1, 0.15) is 56.6 Å². The molecule has 0 aliphatic carbocycles. The van der Waals surface area contributed by atoms with Gasteiger partial charge in [-0.1, -0.05) is 135 Å². The molecule has 194 valence electrons. The SMILES string of the molecule is CC(C)C(=O)O.O=C(C(=O)c1ccccc1)c1ccccc1.O=C(c1ccccc1)C(O)c1ccccc1. The Kier molecular flexibility index (Phi) is 12.0. The number of carboxylic acid groups (broad SMARTS) is 1. The summed E-state index contributed by atoms with van der Waals surface area (Å²) >= 11 is 0. The van der Waals surface area contributed by atoms with E-state index in [1.807, 2.05) is 24.3 Å². The van der Waals surface area contributed by atoms with E-state index < -0.39 is 23.6 Å². The molecule has 0 amide bonds. The minimum absolute atomic E-state index is 0.231. The first kappa shape index (κ1) is 29.5. The number of Topliss-reactive ketones (excluding diaryl/α,β-unsaturated/α-hetero) is 3. The van der Waals surface area contributed by atoms with Gasteiger partial charge in [-0.2, -0.15) is 0 Å². The molecule has 1 unspecified atom stereocenters. The smallest absolute Gasteiger partial charge is 0.305 e. The Morgan fingerprint density at radius 1 is 0.526 bits per heavy atom. The summed E-state index contributed by atoms with van der Waals surface area (Å²) in [7, 11) is 0. The van der Waals surface area contributed by atoms with Crippen LogP contribution in [0.4, 0.5) is 0 Å². The van der Waals surface area contributed by atoms with E-state index in [1.165, 1.54) is 0 Å². The maximum absolute atomic E-state index is 11.9. The Labute approximate surface area is 222 Å². The van der Waals surface area contributed by atoms with Gasteiger partial charge in [0.1, 0.15) is 6.10 Å². The van der Waals surface area contributed by atoms with Crippen LogP contribution >= 0.6 is 0 Å². The Balaban J connectivity index is 0.000000221. The van der Waals surface area contributed by atoms with Gasteiger partial charge in [0.05, 0.1) is 5.92 Å². The van der Waals surface area contributed by atoms with Crippen LogP contribution < -0.4 is 0 Å². The molecular weight excluding hydrogens is 480 g/mol. The van der Waals surface area contributed by atoms with Gasteiger partial charge < -0.3 is 10.2 Å². The quantitative estimate of drug-likeness (QED) is 0.230. The van der Waals surface area contributed by atoms with Crippen molar-refractivity contribution in [2.75, 3.05) is 0 Å². The fourth-order valence-corrected chi connectivity index (χ4v) is 2.99. The molecule has 0 bridgehead atoms. The highest BCUT2D eigenvalue weighted by Crippen LogP contribution is 2.17. The number of carboxylic acids is 1. The molecule has 1 atom stereocenters. The van der Waals surface area contributed by atoms with Crippen molar-refractivity contribution in [3.05, 3.63) is 144 Å². The normalized spacial score (nSPS) is 10.6. The zero-order chi connectivity index (χ0) is 27.9. The maximum atomic E-state index is 11.9. The highest BCUT2D eigenvalue weighted by Gasteiger charge is 2.18. The number of hydrogen-bond acceptors (Lipinski definition) is 5. The van der Waals surface area contributed by atoms with Gasteiger partial charge in [-0.15, -0.1) is 0 Å². The average molecular weight is 511 g/mol. The first-order chi connectivity index (χ1) is 18.2. The van der Waals surface area contributed by atoms with Crippen molar-refractivity contribution in [3.63, 3.8) is 0 Å². The third-order valence-corrected chi connectivity index (χ3v) is 5.19. The van der Waals surface area contributed by atoms with Gasteiger partial charge in [0, 0.05) is 16.7 Å². The van der Waals surface area contributed by atoms with Crippen LogP contribution in [0, 0.1) is 5.92 Å². The van der Waals surface area contributed by atoms with Crippen molar-refractivity contribution in [2.45, 2.75) is 20.0 Å². The van der Waals surface area contributed by atoms with Gasteiger partial charge in [-0.3, -0.25) is 19.2 Å². The molecule has 4 aromatic rings. The highest BCUT2D eigenvalue weighted by atomic mass is 16.4. The third kappa shape index (κ3) is 9.41. The van der Waals surface area contributed by atoms with Gasteiger partial charge in [0.2, 0.25) is 11.6 Å². The van der Waals surface area contributed by atoms with Crippen LogP contribution in [0.2, 0.25) is 0 Å². The zero-order valence-corrected chi connectivity index (χ0v) is 21.2. The van der Waals surface area contributed by atoms with E-state index in [2.05, 4.69) is 0 Å². The first-order valence-corrected chi connectivity index (χ1v) is 12.0. The standard InChI is InChI=1S/C14H12O2.C14H10O2.C4H8O2/c2*15-13(11-7-3-1-4-8-11)14(16)12-9-5-2-6-10-12;1-3(2)4(5)6/h1-10,13,15H;1-10H;3H,1-2H3,(H,5,6). The van der Waals surface area contributed by atoms with Gasteiger partial charge in [0.15, 0.2) is 5.78 Å². The molecule has 0 aliphatic heterocycles. The maximum Gasteiger partial charge on any atom is 0.305 e. The van der Waals surface area contributed by atoms with E-state index in [-0.39, 0.29) is 11.7 Å². The van der Waals surface area contributed by atoms with Crippen LogP contribution in [-0.2, 0) is 4.79 Å². The topological polar surface area (TPSA) is 109 Å². The molecule has 2 N–H and O–H groups in total. The predicted molar refractivity (Wildman–Crippen MR) is 146 cm³/mol. The van der Waals surface area contributed by atoms with Crippen molar-refractivity contribution in [1.29, 1.82) is 0 Å². The molecule has 0 saturated heterocycles. The lowest BCUT2D eigenvalue weighted by molar-refractivity contribution is -0.140. The zero-order valence-electron chi connectivity index (χ0n) is 21.2. The number of rotatable bonds is 7. The second-order valence-electron chi connectivity index (χ2n) is 8.43. The summed E-state index contributed by atoms with van der Waals surface area (Å²) in [5.41, 5.74) is 2.00. The first-order valence-electron chi connectivity index (χ1n) is 12.0. The predicted octanol–water partition coefficient (Wildman–Crippen LogP) is 6.08. The number of aliphatic hydroxyl groups is 1. The van der Waals surface area contributed by atoms with E-state index in [4.69, 9.17) is 5.11 Å². The fraction of sp³-hybridized carbons (Fsp3) is 0.125. The van der Waals surface area contributed by atoms with E-state index in [9.17, 15) is 24.3 Å². The number of hydrogen-bond donors (Lipinski definition) is 2. The second-order valence-corrected chi connectivity index (χ2v) is 8.43. The van der Waals surface area contributed by atoms with E-state index in [1.54, 1.807) is 111 Å². The second kappa shape index (κ2) is 15.4. The molecule has 38 heavy (non-hydrogen) atoms. The molecule has 0 fully saturated rings. The summed E-state index contributed by atoms with van der Waals surface area (Å²) in [4.78, 5) is 45.2. The van der Waals surface area contributed by atoms with Gasteiger partial charge in [0.25, 0.3) is 0 Å². The van der Waals surface area contributed by atoms with Crippen molar-refractivity contribution >= 4 is 23.3 Å². The molecule has 4 aromatic carbocycles. The van der Waals surface area contributed by atoms with E-state index in [0.29, 0.717) is 22.3 Å². The Morgan fingerprint density at radius 2 is 0.816 bits per heavy atom. The average Bonchev–Trinajstić information content (AvgIpc) is 2.98. The molecule has 0 saturated carbocycles. The lowest BCUT2D eigenvalue weighted by Crippen LogP contribution is -2.14. The Morgan fingerprint density at radius 3 is 1.13 bits per heavy atom. The summed E-state index contributed by atoms with van der Waals surface area (Å²) in [5.74, 6) is -2.18. The molecule has 0 aromatic heterocycles. The van der Waals surface area contributed by atoms with E-state index in [0.717, 1.165) is 0 Å². The molecule has 0 heterocycles. The summed E-state index contributed by atoms with van der Waals surface area (Å²) in [6, 6.07) is 34.9. The van der Waals surface area contributed by atoms with Crippen molar-refractivity contribution < 1.29 is 29.4 Å². The van der Waals surface area contributed by atoms with Crippen molar-refractivity contribution in [1.82, 2.24) is 0 Å². The molecular formula is C32H30O6. The summed E-state index contributed by atoms with van der Waals surface area (Å²) in [6.07, 6.45) is -1.08. The highest BCUT2D eigenvalue weighted by molar-refractivity contribution is 6.49. The van der Waals surface area contributed by atoms with Crippen LogP contribution in [0.15, 0.2) is 121 Å². The lowest BCUT2D eigenvalue weighted by atomic mass is 10.0. The minimum Gasteiger partial charge on any atom is -0.481 e. The Bertz CT molecular complexity index is 1250. The number of carbonyl (C=O) groups excluding carboxylic acids is 3. The number of aliphatic carboxylic acids is 1. The number of benzene rings is 4. The molecule has 0 aliphatic rings. The van der Waals surface area contributed by atoms with Crippen LogP contribution in [0.3, 0.4) is 0 Å². The number of ketones is 3. The largest absolute Gasteiger partial charge is 0.481 e. The van der Waals surface area contributed by atoms with Gasteiger partial charge in [-0.25, -0.2) is 0 Å². The lowest BCUT2D eigenvalue weighted by Gasteiger charge is -2.09. The van der Waals surface area contributed by atoms with Crippen molar-refractivity contribution in [3.8, 4) is 0 Å². The van der Waals surface area contributed by atoms with Crippen LogP contribution in [0.5, 0.6) is 0 Å². The number of aliphatic hydroxyl groups excluding tert-OH is 1. The minimum atomic E-state index is -1.08.